The molecule has 0 aliphatic heterocycles. The Morgan fingerprint density at radius 1 is 1.50 bits per heavy atom. The first-order valence-electron chi connectivity index (χ1n) is 5.13. The van der Waals surface area contributed by atoms with E-state index in [9.17, 15) is 4.79 Å². The molecular weight excluding hydrogens is 198 g/mol. The summed E-state index contributed by atoms with van der Waals surface area (Å²) in [5.41, 5.74) is 0. The van der Waals surface area contributed by atoms with Gasteiger partial charge in [-0.15, -0.1) is 0 Å². The second-order valence-electron chi connectivity index (χ2n) is 3.41. The van der Waals surface area contributed by atoms with Crippen molar-refractivity contribution in [2.24, 2.45) is 0 Å². The number of carboxylic acid groups (broad SMARTS) is 1. The van der Waals surface area contributed by atoms with Crippen LogP contribution in [0.5, 0.6) is 0 Å². The summed E-state index contributed by atoms with van der Waals surface area (Å²) in [6.07, 6.45) is 4.63. The summed E-state index contributed by atoms with van der Waals surface area (Å²) < 4.78 is 0. The van der Waals surface area contributed by atoms with Gasteiger partial charge in [-0.25, -0.2) is 0 Å². The van der Waals surface area contributed by atoms with E-state index < -0.39 is 5.97 Å². The molecule has 14 heavy (non-hydrogen) atoms. The van der Waals surface area contributed by atoms with E-state index in [1.54, 1.807) is 11.8 Å². The minimum absolute atomic E-state index is 0.317. The predicted molar refractivity (Wildman–Crippen MR) is 61.9 cm³/mol. The van der Waals surface area contributed by atoms with Crippen LogP contribution in [-0.2, 0) is 4.79 Å². The number of thioether (sulfide) groups is 1. The predicted octanol–water partition coefficient (Wildman–Crippen LogP) is 1.97. The normalized spacial score (nSPS) is 15.1. The number of rotatable bonds is 8. The van der Waals surface area contributed by atoms with Crippen LogP contribution in [0, 0.1) is 0 Å². The summed E-state index contributed by atoms with van der Waals surface area (Å²) in [6, 6.07) is -0.0604. The molecule has 2 atom stereocenters. The van der Waals surface area contributed by atoms with Crippen LogP contribution in [0.2, 0.25) is 0 Å². The van der Waals surface area contributed by atoms with Crippen LogP contribution in [0.1, 0.15) is 33.1 Å². The minimum atomic E-state index is -0.730. The van der Waals surface area contributed by atoms with Gasteiger partial charge in [0.15, 0.2) is 0 Å². The maximum absolute atomic E-state index is 10.9. The first-order valence-corrected chi connectivity index (χ1v) is 6.52. The minimum Gasteiger partial charge on any atom is -0.480 e. The summed E-state index contributed by atoms with van der Waals surface area (Å²) in [5.74, 6) is 0.246. The largest absolute Gasteiger partial charge is 0.480 e. The zero-order chi connectivity index (χ0) is 11.0. The highest BCUT2D eigenvalue weighted by Crippen LogP contribution is 2.05. The van der Waals surface area contributed by atoms with E-state index in [0.717, 1.165) is 18.6 Å². The fraction of sp³-hybridized carbons (Fsp3) is 0.900. The number of nitrogens with one attached hydrogen (secondary N) is 1. The van der Waals surface area contributed by atoms with Gasteiger partial charge in [0, 0.05) is 11.8 Å². The van der Waals surface area contributed by atoms with Gasteiger partial charge in [-0.05, 0) is 19.1 Å². The van der Waals surface area contributed by atoms with Gasteiger partial charge < -0.3 is 10.4 Å². The van der Waals surface area contributed by atoms with Crippen LogP contribution in [0.4, 0.5) is 0 Å². The Balaban J connectivity index is 4.03. The van der Waals surface area contributed by atoms with Gasteiger partial charge >= 0.3 is 5.97 Å². The third-order valence-corrected chi connectivity index (χ3v) is 2.91. The van der Waals surface area contributed by atoms with Gasteiger partial charge in [-0.1, -0.05) is 20.3 Å². The van der Waals surface area contributed by atoms with Gasteiger partial charge in [-0.2, -0.15) is 11.8 Å². The second-order valence-corrected chi connectivity index (χ2v) is 4.32. The van der Waals surface area contributed by atoms with Crippen molar-refractivity contribution in [1.29, 1.82) is 0 Å². The molecule has 0 amide bonds. The van der Waals surface area contributed by atoms with E-state index in [1.165, 1.54) is 0 Å². The van der Waals surface area contributed by atoms with E-state index in [1.807, 2.05) is 13.2 Å². The highest BCUT2D eigenvalue weighted by Gasteiger charge is 2.19. The van der Waals surface area contributed by atoms with Crippen molar-refractivity contribution in [3.8, 4) is 0 Å². The topological polar surface area (TPSA) is 49.3 Å². The van der Waals surface area contributed by atoms with Crippen LogP contribution in [0.25, 0.3) is 0 Å². The van der Waals surface area contributed by atoms with Crippen molar-refractivity contribution in [1.82, 2.24) is 5.32 Å². The molecule has 0 rings (SSSR count). The number of aliphatic carboxylic acids is 1. The van der Waals surface area contributed by atoms with E-state index in [0.29, 0.717) is 12.5 Å². The van der Waals surface area contributed by atoms with Crippen molar-refractivity contribution in [2.75, 3.05) is 12.0 Å². The molecule has 0 bridgehead atoms. The Kier molecular flexibility index (Phi) is 7.99. The van der Waals surface area contributed by atoms with E-state index in [-0.39, 0.29) is 6.04 Å². The maximum Gasteiger partial charge on any atom is 0.320 e. The molecule has 0 spiro atoms. The summed E-state index contributed by atoms with van der Waals surface area (Å²) in [7, 11) is 0. The van der Waals surface area contributed by atoms with E-state index >= 15 is 0 Å². The summed E-state index contributed by atoms with van der Waals surface area (Å²) >= 11 is 1.75. The highest BCUT2D eigenvalue weighted by atomic mass is 32.2. The molecule has 0 radical (unpaired) electrons. The zero-order valence-electron chi connectivity index (χ0n) is 9.25. The molecule has 4 heteroatoms. The molecule has 0 fully saturated rings. The highest BCUT2D eigenvalue weighted by molar-refractivity contribution is 7.98. The third-order valence-electron chi connectivity index (χ3n) is 2.17. The van der Waals surface area contributed by atoms with Crippen LogP contribution in [0.3, 0.4) is 0 Å². The van der Waals surface area contributed by atoms with Crippen molar-refractivity contribution in [3.63, 3.8) is 0 Å². The fourth-order valence-electron chi connectivity index (χ4n) is 1.34. The van der Waals surface area contributed by atoms with Gasteiger partial charge in [0.2, 0.25) is 0 Å². The summed E-state index contributed by atoms with van der Waals surface area (Å²) in [4.78, 5) is 10.9. The molecule has 2 N–H and O–H groups in total. The van der Waals surface area contributed by atoms with Gasteiger partial charge in [-0.3, -0.25) is 4.79 Å². The van der Waals surface area contributed by atoms with Gasteiger partial charge in [0.25, 0.3) is 0 Å². The quantitative estimate of drug-likeness (QED) is 0.655. The standard InChI is InChI=1S/C10H21NO2S/c1-4-6-9(10(12)13)11-8(5-2)7-14-3/h8-9,11H,4-7H2,1-3H3,(H,12,13). The van der Waals surface area contributed by atoms with Crippen molar-refractivity contribution in [2.45, 2.75) is 45.2 Å². The average molecular weight is 219 g/mol. The van der Waals surface area contributed by atoms with E-state index in [2.05, 4.69) is 12.2 Å². The van der Waals surface area contributed by atoms with Crippen LogP contribution < -0.4 is 5.32 Å². The van der Waals surface area contributed by atoms with Crippen LogP contribution in [-0.4, -0.2) is 35.2 Å². The number of carboxylic acids is 1. The van der Waals surface area contributed by atoms with Crippen molar-refractivity contribution >= 4 is 17.7 Å². The van der Waals surface area contributed by atoms with Crippen LogP contribution in [0.15, 0.2) is 0 Å². The lowest BCUT2D eigenvalue weighted by molar-refractivity contribution is -0.139. The summed E-state index contributed by atoms with van der Waals surface area (Å²) in [6.45, 7) is 4.09. The SMILES string of the molecule is CCCC(NC(CC)CSC)C(=O)O. The Morgan fingerprint density at radius 3 is 2.50 bits per heavy atom. The van der Waals surface area contributed by atoms with Gasteiger partial charge in [0.05, 0.1) is 0 Å². The summed E-state index contributed by atoms with van der Waals surface area (Å²) in [5, 5.41) is 12.1. The number of hydrogen-bond acceptors (Lipinski definition) is 3. The molecule has 0 aromatic carbocycles. The molecule has 0 heterocycles. The molecule has 0 aromatic rings. The molecule has 0 aliphatic carbocycles. The number of carbonyl (C=O) groups is 1. The molecule has 0 saturated carbocycles. The number of hydrogen-bond donors (Lipinski definition) is 2. The van der Waals surface area contributed by atoms with E-state index in [4.69, 9.17) is 5.11 Å². The van der Waals surface area contributed by atoms with Crippen LogP contribution >= 0.6 is 11.8 Å². The molecule has 2 unspecified atom stereocenters. The average Bonchev–Trinajstić information content (AvgIpc) is 2.15. The monoisotopic (exact) mass is 219 g/mol. The lowest BCUT2D eigenvalue weighted by Gasteiger charge is -2.21. The molecule has 0 aliphatic rings. The Bertz CT molecular complexity index is 164. The Hall–Kier alpha value is -0.220. The third kappa shape index (κ3) is 5.50. The lowest BCUT2D eigenvalue weighted by atomic mass is 10.1. The van der Waals surface area contributed by atoms with Crippen molar-refractivity contribution < 1.29 is 9.90 Å². The maximum atomic E-state index is 10.9. The molecule has 0 saturated heterocycles. The Labute approximate surface area is 90.7 Å². The molecular formula is C10H21NO2S. The zero-order valence-corrected chi connectivity index (χ0v) is 10.1. The van der Waals surface area contributed by atoms with Gasteiger partial charge in [0.1, 0.15) is 6.04 Å². The fourth-order valence-corrected chi connectivity index (χ4v) is 2.07. The molecule has 84 valence electrons. The Morgan fingerprint density at radius 2 is 2.14 bits per heavy atom. The first kappa shape index (κ1) is 13.8. The second kappa shape index (κ2) is 8.12. The molecule has 3 nitrogen and oxygen atoms in total. The van der Waals surface area contributed by atoms with Crippen molar-refractivity contribution in [3.05, 3.63) is 0 Å². The lowest BCUT2D eigenvalue weighted by Crippen LogP contribution is -2.44. The first-order chi connectivity index (χ1) is 6.65. The molecule has 0 aromatic heterocycles. The smallest absolute Gasteiger partial charge is 0.320 e.